The van der Waals surface area contributed by atoms with E-state index in [2.05, 4.69) is 12.2 Å². The summed E-state index contributed by atoms with van der Waals surface area (Å²) in [6, 6.07) is 0. The van der Waals surface area contributed by atoms with Gasteiger partial charge in [0.15, 0.2) is 0 Å². The van der Waals surface area contributed by atoms with Gasteiger partial charge in [0, 0.05) is 6.42 Å². The minimum atomic E-state index is 0.255. The molecule has 1 N–H and O–H groups in total. The maximum Gasteiger partial charge on any atom is 0.129 e. The lowest BCUT2D eigenvalue weighted by molar-refractivity contribution is -0.116. The van der Waals surface area contributed by atoms with Gasteiger partial charge < -0.3 is 10.1 Å². The molecule has 2 heteroatoms. The van der Waals surface area contributed by atoms with Gasteiger partial charge in [0.05, 0.1) is 0 Å². The van der Waals surface area contributed by atoms with Gasteiger partial charge in [0.2, 0.25) is 0 Å². The Balaban J connectivity index is -0.0000000965. The fourth-order valence-corrected chi connectivity index (χ4v) is 0. The molecule has 0 aliphatic carbocycles. The van der Waals surface area contributed by atoms with Crippen molar-refractivity contribution in [3.05, 3.63) is 0 Å². The Bertz CT molecular complexity index is 60.6. The number of rotatable bonds is 2. The van der Waals surface area contributed by atoms with Crippen LogP contribution in [0.3, 0.4) is 0 Å². The van der Waals surface area contributed by atoms with E-state index in [0.29, 0.717) is 6.42 Å². The summed E-state index contributed by atoms with van der Waals surface area (Å²) < 4.78 is 0. The second kappa shape index (κ2) is 22.6. The van der Waals surface area contributed by atoms with Crippen molar-refractivity contribution in [1.82, 2.24) is 5.32 Å². The van der Waals surface area contributed by atoms with Crippen LogP contribution in [0.5, 0.6) is 0 Å². The molecule has 0 aromatic rings. The summed E-state index contributed by atoms with van der Waals surface area (Å²) in [5.41, 5.74) is 0. The smallest absolute Gasteiger partial charge is 0.129 e. The number of Topliss-reactive ketones (excluding diaryl/α,β-unsaturated/α-hetero) is 1. The maximum absolute atomic E-state index is 9.81. The van der Waals surface area contributed by atoms with E-state index in [4.69, 9.17) is 0 Å². The van der Waals surface area contributed by atoms with E-state index >= 15 is 0 Å². The molecule has 0 saturated carbocycles. The number of ketones is 1. The minimum Gasteiger partial charge on any atom is -0.320 e. The molecule has 0 radical (unpaired) electrons. The predicted octanol–water partition coefficient (Wildman–Crippen LogP) is 2.24. The Kier molecular flexibility index (Phi) is 34.8. The lowest BCUT2D eigenvalue weighted by Gasteiger charge is -1.76. The molecule has 0 atom stereocenters. The molecular weight excluding hydrogens is 138 g/mol. The van der Waals surface area contributed by atoms with Crippen LogP contribution in [-0.4, -0.2) is 19.4 Å². The number of hydrogen-bond acceptors (Lipinski definition) is 2. The van der Waals surface area contributed by atoms with Crippen LogP contribution in [0.25, 0.3) is 0 Å². The van der Waals surface area contributed by atoms with Crippen LogP contribution in [0, 0.1) is 0 Å². The topological polar surface area (TPSA) is 29.1 Å². The van der Waals surface area contributed by atoms with Crippen LogP contribution in [0.1, 0.15) is 41.0 Å². The second-order valence-corrected chi connectivity index (χ2v) is 1.76. The highest BCUT2D eigenvalue weighted by atomic mass is 16.1. The van der Waals surface area contributed by atoms with Crippen LogP contribution in [-0.2, 0) is 4.79 Å². The summed E-state index contributed by atoms with van der Waals surface area (Å²) in [5.74, 6) is 0.255. The first-order chi connectivity index (χ1) is 5.18. The highest BCUT2D eigenvalue weighted by Gasteiger charge is 1.76. The highest BCUT2D eigenvalue weighted by Crippen LogP contribution is 1.71. The first kappa shape index (κ1) is 16.9. The highest BCUT2D eigenvalue weighted by molar-refractivity contribution is 5.74. The Morgan fingerprint density at radius 3 is 1.45 bits per heavy atom. The first-order valence-corrected chi connectivity index (χ1v) is 4.33. The van der Waals surface area contributed by atoms with Crippen LogP contribution in [0.4, 0.5) is 0 Å². The van der Waals surface area contributed by atoms with Gasteiger partial charge >= 0.3 is 0 Å². The van der Waals surface area contributed by atoms with Crippen molar-refractivity contribution >= 4 is 5.78 Å². The standard InChI is InChI=1S/C4H8O.C3H9N.C2H6/c1-3-4(2)5;1-3-4-2;1-2/h3H2,1-2H3;4H,3H2,1-2H3;1-2H3. The van der Waals surface area contributed by atoms with Crippen molar-refractivity contribution < 1.29 is 4.79 Å². The molecule has 0 heterocycles. The lowest BCUT2D eigenvalue weighted by atomic mass is 10.4. The Morgan fingerprint density at radius 1 is 1.27 bits per heavy atom. The van der Waals surface area contributed by atoms with Gasteiger partial charge in [-0.2, -0.15) is 0 Å². The Labute approximate surface area is 71.4 Å². The van der Waals surface area contributed by atoms with E-state index in [0.717, 1.165) is 6.54 Å². The van der Waals surface area contributed by atoms with Gasteiger partial charge in [0.1, 0.15) is 5.78 Å². The predicted molar refractivity (Wildman–Crippen MR) is 51.9 cm³/mol. The van der Waals surface area contributed by atoms with Gasteiger partial charge in [-0.05, 0) is 20.5 Å². The average molecular weight is 161 g/mol. The van der Waals surface area contributed by atoms with Gasteiger partial charge in [-0.25, -0.2) is 0 Å². The largest absolute Gasteiger partial charge is 0.320 e. The van der Waals surface area contributed by atoms with Crippen molar-refractivity contribution in [2.24, 2.45) is 0 Å². The second-order valence-electron chi connectivity index (χ2n) is 1.76. The van der Waals surface area contributed by atoms with Crippen LogP contribution < -0.4 is 5.32 Å². The van der Waals surface area contributed by atoms with E-state index in [1.807, 2.05) is 27.8 Å². The zero-order chi connectivity index (χ0) is 9.70. The van der Waals surface area contributed by atoms with E-state index < -0.39 is 0 Å². The van der Waals surface area contributed by atoms with Crippen molar-refractivity contribution in [1.29, 1.82) is 0 Å². The SMILES string of the molecule is CC.CCC(C)=O.CCNC. The van der Waals surface area contributed by atoms with Gasteiger partial charge in [0.25, 0.3) is 0 Å². The molecule has 11 heavy (non-hydrogen) atoms. The molecule has 0 saturated heterocycles. The summed E-state index contributed by atoms with van der Waals surface area (Å²) in [5, 5.41) is 2.93. The molecule has 0 amide bonds. The molecule has 0 aromatic carbocycles. The van der Waals surface area contributed by atoms with E-state index in [1.165, 1.54) is 0 Å². The lowest BCUT2D eigenvalue weighted by Crippen LogP contribution is -2.01. The average Bonchev–Trinajstić information content (AvgIpc) is 2.08. The van der Waals surface area contributed by atoms with E-state index in [-0.39, 0.29) is 5.78 Å². The fourth-order valence-electron chi connectivity index (χ4n) is 0. The number of carbonyl (C=O) groups excluding carboxylic acids is 1. The van der Waals surface area contributed by atoms with E-state index in [1.54, 1.807) is 6.92 Å². The monoisotopic (exact) mass is 161 g/mol. The van der Waals surface area contributed by atoms with Crippen molar-refractivity contribution in [2.75, 3.05) is 13.6 Å². The molecule has 0 bridgehead atoms. The maximum atomic E-state index is 9.81. The molecule has 0 spiro atoms. The van der Waals surface area contributed by atoms with Crippen molar-refractivity contribution in [3.8, 4) is 0 Å². The first-order valence-electron chi connectivity index (χ1n) is 4.33. The molecule has 0 rings (SSSR count). The number of hydrogen-bond donors (Lipinski definition) is 1. The number of carbonyl (C=O) groups is 1. The van der Waals surface area contributed by atoms with Gasteiger partial charge in [-0.15, -0.1) is 0 Å². The zero-order valence-electron chi connectivity index (χ0n) is 8.82. The van der Waals surface area contributed by atoms with Crippen LogP contribution in [0.15, 0.2) is 0 Å². The van der Waals surface area contributed by atoms with Crippen molar-refractivity contribution in [3.63, 3.8) is 0 Å². The third-order valence-corrected chi connectivity index (χ3v) is 0.851. The molecule has 0 aromatic heterocycles. The normalized spacial score (nSPS) is 6.73. The third kappa shape index (κ3) is 81.1. The molecule has 0 aliphatic heterocycles. The summed E-state index contributed by atoms with van der Waals surface area (Å²) in [6.07, 6.45) is 0.667. The molecular formula is C9H23NO. The summed E-state index contributed by atoms with van der Waals surface area (Å²) in [6.45, 7) is 10.6. The third-order valence-electron chi connectivity index (χ3n) is 0.851. The minimum absolute atomic E-state index is 0.255. The molecule has 70 valence electrons. The zero-order valence-corrected chi connectivity index (χ0v) is 8.82. The van der Waals surface area contributed by atoms with E-state index in [9.17, 15) is 4.79 Å². The molecule has 2 nitrogen and oxygen atoms in total. The summed E-state index contributed by atoms with van der Waals surface area (Å²) in [4.78, 5) is 9.81. The molecule has 0 aliphatic rings. The number of nitrogens with one attached hydrogen (secondary N) is 1. The molecule has 0 unspecified atom stereocenters. The van der Waals surface area contributed by atoms with Crippen LogP contribution >= 0.6 is 0 Å². The van der Waals surface area contributed by atoms with Crippen molar-refractivity contribution in [2.45, 2.75) is 41.0 Å². The fraction of sp³-hybridized carbons (Fsp3) is 0.889. The Morgan fingerprint density at radius 2 is 1.45 bits per heavy atom. The van der Waals surface area contributed by atoms with Gasteiger partial charge in [-0.3, -0.25) is 0 Å². The Hall–Kier alpha value is -0.370. The van der Waals surface area contributed by atoms with Gasteiger partial charge in [-0.1, -0.05) is 27.7 Å². The summed E-state index contributed by atoms with van der Waals surface area (Å²) >= 11 is 0. The quantitative estimate of drug-likeness (QED) is 0.673. The van der Waals surface area contributed by atoms with Crippen LogP contribution in [0.2, 0.25) is 0 Å². The molecule has 0 fully saturated rings. The summed E-state index contributed by atoms with van der Waals surface area (Å²) in [7, 11) is 1.93.